The van der Waals surface area contributed by atoms with E-state index in [0.29, 0.717) is 0 Å². The summed E-state index contributed by atoms with van der Waals surface area (Å²) >= 11 is 0. The quantitative estimate of drug-likeness (QED) is 0.0845. The van der Waals surface area contributed by atoms with Gasteiger partial charge in [0.1, 0.15) is 0 Å². The van der Waals surface area contributed by atoms with Gasteiger partial charge in [0.15, 0.2) is 0 Å². The van der Waals surface area contributed by atoms with Gasteiger partial charge in [0.25, 0.3) is 0 Å². The van der Waals surface area contributed by atoms with Crippen molar-refractivity contribution in [3.63, 3.8) is 0 Å². The van der Waals surface area contributed by atoms with Gasteiger partial charge in [0, 0.05) is 20.4 Å². The van der Waals surface area contributed by atoms with Gasteiger partial charge in [0.2, 0.25) is 0 Å². The van der Waals surface area contributed by atoms with Gasteiger partial charge in [-0.1, -0.05) is 363 Å². The molecule has 0 unspecified atom stereocenters. The van der Waals surface area contributed by atoms with Crippen LogP contribution in [-0.4, -0.2) is 0 Å². The molecule has 5 heteroatoms. The van der Waals surface area contributed by atoms with Crippen molar-refractivity contribution in [3.05, 3.63) is 363 Å². The van der Waals surface area contributed by atoms with Gasteiger partial charge < -0.3 is 0 Å². The van der Waals surface area contributed by atoms with Gasteiger partial charge in [0.05, 0.1) is 0 Å². The predicted octanol–water partition coefficient (Wildman–Crippen LogP) is 14.1. The summed E-state index contributed by atoms with van der Waals surface area (Å²) in [5.41, 5.74) is 1.31. The number of hydrogen-bond donors (Lipinski definition) is 0. The van der Waals surface area contributed by atoms with Crippen LogP contribution in [0, 0.1) is 6.92 Å². The molecule has 0 aliphatic rings. The first-order valence-electron chi connectivity index (χ1n) is 26.0. The standard InChI is InChI=1S/C19H17P.3C18H15P.Pd/c1-16-12-14-19(15-13-16)20(17-8-4-2-5-9-17)18-10-6-3-7-11-18;3*1-4-10-16(11-5-1)19(17-12-6-2-7-13-17)18-14-8-3-9-15-18;/h2-15H,1H3;3*1-15H;. The number of hydrogen-bond acceptors (Lipinski definition) is 0. The predicted molar refractivity (Wildman–Crippen MR) is 345 cm³/mol. The van der Waals surface area contributed by atoms with Crippen LogP contribution < -0.4 is 63.7 Å². The molecule has 0 fully saturated rings. The normalized spacial score (nSPS) is 10.5. The van der Waals surface area contributed by atoms with Gasteiger partial charge in [-0.05, 0) is 102 Å². The molecule has 0 atom stereocenters. The zero-order chi connectivity index (χ0) is 52.5. The topological polar surface area (TPSA) is 0 Å². The largest absolute Gasteiger partial charge is 0.0622 e. The van der Waals surface area contributed by atoms with E-state index in [4.69, 9.17) is 0 Å². The molecule has 0 aliphatic carbocycles. The molecule has 0 radical (unpaired) electrons. The summed E-state index contributed by atoms with van der Waals surface area (Å²) in [6.45, 7) is 2.14. The van der Waals surface area contributed by atoms with Gasteiger partial charge in [-0.15, -0.1) is 0 Å². The van der Waals surface area contributed by atoms with E-state index in [2.05, 4.69) is 365 Å². The molecule has 0 amide bonds. The maximum Gasteiger partial charge on any atom is 0 e. The Bertz CT molecular complexity index is 2870. The van der Waals surface area contributed by atoms with Crippen LogP contribution in [0.2, 0.25) is 0 Å². The van der Waals surface area contributed by atoms with E-state index >= 15 is 0 Å². The van der Waals surface area contributed by atoms with E-state index in [1.165, 1.54) is 69.2 Å². The van der Waals surface area contributed by atoms with Crippen LogP contribution in [0.25, 0.3) is 0 Å². The Labute approximate surface area is 482 Å². The first-order chi connectivity index (χ1) is 38.2. The Morgan fingerprint density at radius 3 is 0.359 bits per heavy atom. The summed E-state index contributed by atoms with van der Waals surface area (Å²) in [5, 5.41) is 16.8. The molecular formula is C73H62P4Pd. The first kappa shape index (κ1) is 57.2. The van der Waals surface area contributed by atoms with E-state index in [1.807, 2.05) is 0 Å². The van der Waals surface area contributed by atoms with E-state index in [0.717, 1.165) is 0 Å². The average molecular weight is 1170 g/mol. The third kappa shape index (κ3) is 16.5. The van der Waals surface area contributed by atoms with E-state index < -0.39 is 31.7 Å². The molecule has 0 nitrogen and oxygen atoms in total. The molecule has 0 aliphatic heterocycles. The van der Waals surface area contributed by atoms with Gasteiger partial charge >= 0.3 is 0 Å². The summed E-state index contributed by atoms with van der Waals surface area (Å²) < 4.78 is 0. The monoisotopic (exact) mass is 1170 g/mol. The molecule has 0 saturated heterocycles. The fourth-order valence-electron chi connectivity index (χ4n) is 8.83. The molecule has 384 valence electrons. The maximum absolute atomic E-state index is 2.26. The van der Waals surface area contributed by atoms with Crippen molar-refractivity contribution in [2.75, 3.05) is 0 Å². The van der Waals surface area contributed by atoms with Crippen LogP contribution in [0.1, 0.15) is 5.56 Å². The summed E-state index contributed by atoms with van der Waals surface area (Å²) in [6, 6.07) is 128. The minimum absolute atomic E-state index is 0. The zero-order valence-corrected chi connectivity index (χ0v) is 48.8. The minimum atomic E-state index is -0.458. The van der Waals surface area contributed by atoms with Crippen molar-refractivity contribution >= 4 is 95.3 Å². The molecule has 0 saturated carbocycles. The van der Waals surface area contributed by atoms with Crippen LogP contribution in [0.15, 0.2) is 358 Å². The van der Waals surface area contributed by atoms with Crippen LogP contribution in [0.3, 0.4) is 0 Å². The van der Waals surface area contributed by atoms with E-state index in [1.54, 1.807) is 0 Å². The van der Waals surface area contributed by atoms with Crippen LogP contribution >= 0.6 is 31.7 Å². The molecule has 0 spiro atoms. The molecule has 12 rings (SSSR count). The van der Waals surface area contributed by atoms with Crippen LogP contribution in [0.4, 0.5) is 0 Å². The molecule has 12 aromatic rings. The second-order valence-electron chi connectivity index (χ2n) is 17.9. The Morgan fingerprint density at radius 1 is 0.141 bits per heavy atom. The summed E-state index contributed by atoms with van der Waals surface area (Å²) in [5.74, 6) is 0. The van der Waals surface area contributed by atoms with Gasteiger partial charge in [-0.2, -0.15) is 0 Å². The molecule has 0 N–H and O–H groups in total. The number of aryl methyl sites for hydroxylation is 1. The summed E-state index contributed by atoms with van der Waals surface area (Å²) in [7, 11) is -1.80. The molecule has 0 aromatic heterocycles. The second kappa shape index (κ2) is 31.4. The molecule has 12 aromatic carbocycles. The van der Waals surface area contributed by atoms with Crippen molar-refractivity contribution in [3.8, 4) is 0 Å². The molecule has 0 bridgehead atoms. The fraction of sp³-hybridized carbons (Fsp3) is 0.0137. The molecular weight excluding hydrogens is 1110 g/mol. The van der Waals surface area contributed by atoms with E-state index in [-0.39, 0.29) is 20.4 Å². The minimum Gasteiger partial charge on any atom is -0.0622 e. The smallest absolute Gasteiger partial charge is 0 e. The Hall–Kier alpha value is -6.98. The fourth-order valence-corrected chi connectivity index (χ4v) is 18.0. The molecule has 78 heavy (non-hydrogen) atoms. The number of rotatable bonds is 12. The Balaban J connectivity index is 0.000000137. The van der Waals surface area contributed by atoms with Crippen molar-refractivity contribution in [2.24, 2.45) is 0 Å². The second-order valence-corrected chi connectivity index (χ2v) is 26.7. The van der Waals surface area contributed by atoms with Crippen molar-refractivity contribution in [2.45, 2.75) is 6.92 Å². The number of benzene rings is 12. The maximum atomic E-state index is 2.26. The van der Waals surface area contributed by atoms with Crippen LogP contribution in [-0.2, 0) is 20.4 Å². The summed E-state index contributed by atoms with van der Waals surface area (Å²) in [4.78, 5) is 0. The summed E-state index contributed by atoms with van der Waals surface area (Å²) in [6.07, 6.45) is 0. The van der Waals surface area contributed by atoms with Gasteiger partial charge in [-0.3, -0.25) is 0 Å². The Kier molecular flexibility index (Phi) is 23.1. The van der Waals surface area contributed by atoms with Crippen molar-refractivity contribution < 1.29 is 20.4 Å². The molecule has 0 heterocycles. The first-order valence-corrected chi connectivity index (χ1v) is 31.4. The van der Waals surface area contributed by atoms with E-state index in [9.17, 15) is 0 Å². The SMILES string of the molecule is Cc1ccc(P(c2ccccc2)c2ccccc2)cc1.[Pd].c1ccc(P(c2ccccc2)c2ccccc2)cc1.c1ccc(P(c2ccccc2)c2ccccc2)cc1.c1ccc(P(c2ccccc2)c2ccccc2)cc1. The average Bonchev–Trinajstić information content (AvgIpc) is 3.52. The van der Waals surface area contributed by atoms with Crippen molar-refractivity contribution in [1.29, 1.82) is 0 Å². The Morgan fingerprint density at radius 2 is 0.244 bits per heavy atom. The zero-order valence-electron chi connectivity index (χ0n) is 43.7. The third-order valence-corrected chi connectivity index (χ3v) is 22.2. The van der Waals surface area contributed by atoms with Crippen LogP contribution in [0.5, 0.6) is 0 Å². The van der Waals surface area contributed by atoms with Gasteiger partial charge in [-0.25, -0.2) is 0 Å². The third-order valence-electron chi connectivity index (χ3n) is 12.5. The van der Waals surface area contributed by atoms with Crippen molar-refractivity contribution in [1.82, 2.24) is 0 Å².